The fourth-order valence-corrected chi connectivity index (χ4v) is 3.25. The fourth-order valence-electron chi connectivity index (χ4n) is 3.25. The Labute approximate surface area is 166 Å². The van der Waals surface area contributed by atoms with Crippen molar-refractivity contribution >= 4 is 25.0 Å². The summed E-state index contributed by atoms with van der Waals surface area (Å²) in [7, 11) is -1.07. The summed E-state index contributed by atoms with van der Waals surface area (Å²) in [4.78, 5) is 36.1. The second-order valence-electron chi connectivity index (χ2n) is 6.92. The molecule has 29 heavy (non-hydrogen) atoms. The first-order valence-electron chi connectivity index (χ1n) is 9.04. The summed E-state index contributed by atoms with van der Waals surface area (Å²) < 4.78 is 11.0. The Morgan fingerprint density at radius 1 is 1.31 bits per heavy atom. The number of hydrogen-bond acceptors (Lipinski definition) is 8. The summed E-state index contributed by atoms with van der Waals surface area (Å²) in [6, 6.07) is 1.89. The molecule has 2 heterocycles. The number of aliphatic carboxylic acids is 1. The number of aliphatic hydroxyl groups is 1. The van der Waals surface area contributed by atoms with E-state index >= 15 is 0 Å². The van der Waals surface area contributed by atoms with Crippen molar-refractivity contribution in [2.24, 2.45) is 0 Å². The molecular formula is C17H21BN2O9. The molecule has 2 aliphatic heterocycles. The van der Waals surface area contributed by atoms with E-state index in [2.05, 4.69) is 5.32 Å². The van der Waals surface area contributed by atoms with Gasteiger partial charge in [0.25, 0.3) is 0 Å². The molecule has 156 valence electrons. The Balaban J connectivity index is 1.58. The number of ether oxygens (including phenoxy) is 1. The minimum absolute atomic E-state index is 0.0745. The van der Waals surface area contributed by atoms with Crippen LogP contribution in [-0.4, -0.2) is 88.6 Å². The van der Waals surface area contributed by atoms with Crippen LogP contribution in [0.5, 0.6) is 11.5 Å². The van der Waals surface area contributed by atoms with Gasteiger partial charge in [-0.05, 0) is 24.4 Å². The molecule has 0 aliphatic carbocycles. The Bertz CT molecular complexity index is 812. The van der Waals surface area contributed by atoms with E-state index in [4.69, 9.17) is 19.6 Å². The molecule has 11 nitrogen and oxygen atoms in total. The highest BCUT2D eigenvalue weighted by Crippen LogP contribution is 2.37. The van der Waals surface area contributed by atoms with Gasteiger partial charge in [0.05, 0.1) is 13.2 Å². The van der Waals surface area contributed by atoms with Crippen molar-refractivity contribution in [2.75, 3.05) is 26.2 Å². The van der Waals surface area contributed by atoms with Gasteiger partial charge in [-0.2, -0.15) is 0 Å². The van der Waals surface area contributed by atoms with Crippen molar-refractivity contribution in [2.45, 2.75) is 24.9 Å². The van der Waals surface area contributed by atoms with Crippen LogP contribution in [0.3, 0.4) is 0 Å². The van der Waals surface area contributed by atoms with Crippen LogP contribution >= 0.6 is 0 Å². The van der Waals surface area contributed by atoms with Gasteiger partial charge in [0.15, 0.2) is 0 Å². The number of rotatable bonds is 8. The molecule has 1 fully saturated rings. The molecule has 1 amide bonds. The summed E-state index contributed by atoms with van der Waals surface area (Å²) in [6.45, 7) is -0.109. The number of carboxylic acids is 2. The quantitative estimate of drug-likeness (QED) is 0.317. The lowest BCUT2D eigenvalue weighted by Gasteiger charge is -2.39. The Morgan fingerprint density at radius 3 is 2.66 bits per heavy atom. The number of fused-ring (bicyclic) bond motifs is 1. The second kappa shape index (κ2) is 8.68. The number of nitrogens with zero attached hydrogens (tertiary/aromatic N) is 1. The van der Waals surface area contributed by atoms with Crippen LogP contribution < -0.4 is 14.7 Å². The van der Waals surface area contributed by atoms with Crippen LogP contribution in [0, 0.1) is 0 Å². The highest BCUT2D eigenvalue weighted by Gasteiger charge is 2.34. The number of hydrogen-bond donors (Lipinski definition) is 5. The SMILES string of the molecule is O=C(CN1CC(Oc2ccc3c(c2C(=O)O)OB(O)CC3)C1)N[C@@H](CO)C(=O)O. The number of carboxylic acid groups (broad SMARTS) is 2. The molecule has 1 aromatic rings. The van der Waals surface area contributed by atoms with Crippen LogP contribution in [0.15, 0.2) is 12.1 Å². The first-order valence-corrected chi connectivity index (χ1v) is 9.04. The predicted molar refractivity (Wildman–Crippen MR) is 98.0 cm³/mol. The van der Waals surface area contributed by atoms with E-state index in [1.807, 2.05) is 0 Å². The van der Waals surface area contributed by atoms with Gasteiger partial charge in [0, 0.05) is 13.1 Å². The Hall–Kier alpha value is -2.83. The van der Waals surface area contributed by atoms with Crippen molar-refractivity contribution in [1.29, 1.82) is 0 Å². The van der Waals surface area contributed by atoms with Gasteiger partial charge in [0.1, 0.15) is 29.2 Å². The normalized spacial score (nSPS) is 17.5. The molecule has 12 heteroatoms. The van der Waals surface area contributed by atoms with Gasteiger partial charge < -0.3 is 35.1 Å². The van der Waals surface area contributed by atoms with E-state index in [1.165, 1.54) is 0 Å². The van der Waals surface area contributed by atoms with E-state index in [0.29, 0.717) is 31.4 Å². The van der Waals surface area contributed by atoms with E-state index in [9.17, 15) is 24.5 Å². The standard InChI is InChI=1S/C17H21BN2O9/c21-8-11(16(23)24)19-13(22)7-20-5-10(6-20)28-12-2-1-9-3-4-18(27)29-15(9)14(12)17(25)26/h1-2,10-11,21,27H,3-8H2,(H,19,22)(H,23,24)(H,25,26)/t11-/m0/s1. The van der Waals surface area contributed by atoms with Crippen molar-refractivity contribution in [3.8, 4) is 11.5 Å². The third-order valence-electron chi connectivity index (χ3n) is 4.73. The maximum absolute atomic E-state index is 11.8. The topological polar surface area (TPSA) is 166 Å². The zero-order chi connectivity index (χ0) is 21.1. The van der Waals surface area contributed by atoms with E-state index in [-0.39, 0.29) is 29.7 Å². The number of aryl methyl sites for hydroxylation is 1. The summed E-state index contributed by atoms with van der Waals surface area (Å²) in [6.07, 6.45) is 0.514. The molecule has 0 radical (unpaired) electrons. The van der Waals surface area contributed by atoms with Gasteiger partial charge in [-0.25, -0.2) is 9.59 Å². The molecule has 0 spiro atoms. The van der Waals surface area contributed by atoms with Crippen LogP contribution in [0.2, 0.25) is 6.32 Å². The average molecular weight is 408 g/mol. The van der Waals surface area contributed by atoms with Crippen LogP contribution in [-0.2, 0) is 16.0 Å². The lowest BCUT2D eigenvalue weighted by atomic mass is 9.78. The lowest BCUT2D eigenvalue weighted by molar-refractivity contribution is -0.143. The third-order valence-corrected chi connectivity index (χ3v) is 4.73. The third kappa shape index (κ3) is 4.78. The first-order chi connectivity index (χ1) is 13.8. The monoisotopic (exact) mass is 408 g/mol. The van der Waals surface area contributed by atoms with Gasteiger partial charge in [0.2, 0.25) is 5.91 Å². The van der Waals surface area contributed by atoms with Crippen LogP contribution in [0.4, 0.5) is 0 Å². The van der Waals surface area contributed by atoms with Gasteiger partial charge in [-0.1, -0.05) is 6.07 Å². The molecule has 2 aliphatic rings. The highest BCUT2D eigenvalue weighted by molar-refractivity contribution is 6.44. The average Bonchev–Trinajstić information content (AvgIpc) is 2.63. The lowest BCUT2D eigenvalue weighted by Crippen LogP contribution is -2.57. The minimum atomic E-state index is -1.36. The smallest absolute Gasteiger partial charge is 0.522 e. The number of aliphatic hydroxyl groups excluding tert-OH is 1. The van der Waals surface area contributed by atoms with Crippen molar-refractivity contribution < 1.29 is 44.1 Å². The Kier molecular flexibility index (Phi) is 6.25. The molecule has 5 N–H and O–H groups in total. The molecule has 1 atom stereocenters. The molecule has 1 saturated heterocycles. The number of nitrogens with one attached hydrogen (secondary N) is 1. The number of carbonyl (C=O) groups excluding carboxylic acids is 1. The maximum atomic E-state index is 11.8. The van der Waals surface area contributed by atoms with E-state index < -0.39 is 37.6 Å². The Morgan fingerprint density at radius 2 is 2.03 bits per heavy atom. The molecular weight excluding hydrogens is 387 g/mol. The van der Waals surface area contributed by atoms with Crippen molar-refractivity contribution in [3.63, 3.8) is 0 Å². The van der Waals surface area contributed by atoms with Gasteiger partial charge in [-0.3, -0.25) is 9.69 Å². The predicted octanol–water partition coefficient (Wildman–Crippen LogP) is -1.58. The van der Waals surface area contributed by atoms with Crippen molar-refractivity contribution in [1.82, 2.24) is 10.2 Å². The van der Waals surface area contributed by atoms with Crippen molar-refractivity contribution in [3.05, 3.63) is 23.3 Å². The van der Waals surface area contributed by atoms with Crippen LogP contribution in [0.1, 0.15) is 15.9 Å². The number of carbonyl (C=O) groups is 3. The molecule has 3 rings (SSSR count). The summed E-state index contributed by atoms with van der Waals surface area (Å²) in [5.74, 6) is -2.89. The van der Waals surface area contributed by atoms with Gasteiger partial charge in [-0.15, -0.1) is 0 Å². The zero-order valence-corrected chi connectivity index (χ0v) is 15.4. The summed E-state index contributed by atoms with van der Waals surface area (Å²) >= 11 is 0. The van der Waals surface area contributed by atoms with Crippen LogP contribution in [0.25, 0.3) is 0 Å². The number of amides is 1. The highest BCUT2D eigenvalue weighted by atomic mass is 16.5. The molecule has 0 aromatic heterocycles. The van der Waals surface area contributed by atoms with Gasteiger partial charge >= 0.3 is 19.1 Å². The zero-order valence-electron chi connectivity index (χ0n) is 15.4. The summed E-state index contributed by atoms with van der Waals surface area (Å²) in [5.41, 5.74) is 0.536. The molecule has 0 bridgehead atoms. The minimum Gasteiger partial charge on any atom is -0.535 e. The first kappa shape index (κ1) is 20.9. The van der Waals surface area contributed by atoms with E-state index in [0.717, 1.165) is 0 Å². The molecule has 0 saturated carbocycles. The maximum Gasteiger partial charge on any atom is 0.522 e. The summed E-state index contributed by atoms with van der Waals surface area (Å²) in [5, 5.41) is 39.2. The number of likely N-dealkylation sites (tertiary alicyclic amines) is 1. The number of benzene rings is 1. The second-order valence-corrected chi connectivity index (χ2v) is 6.92. The fraction of sp³-hybridized carbons (Fsp3) is 0.471. The molecule has 0 unspecified atom stereocenters. The largest absolute Gasteiger partial charge is 0.535 e. The van der Waals surface area contributed by atoms with E-state index in [1.54, 1.807) is 17.0 Å². The molecule has 1 aromatic carbocycles. The number of aromatic carboxylic acids is 1.